The summed E-state index contributed by atoms with van der Waals surface area (Å²) in [5.41, 5.74) is 5.14. The summed E-state index contributed by atoms with van der Waals surface area (Å²) in [5, 5.41) is 6.91. The van der Waals surface area contributed by atoms with E-state index in [1.54, 1.807) is 11.3 Å². The number of benzene rings is 1. The molecule has 1 heterocycles. The highest BCUT2D eigenvalue weighted by Crippen LogP contribution is 2.58. The first-order chi connectivity index (χ1) is 12.0. The van der Waals surface area contributed by atoms with Crippen molar-refractivity contribution in [3.05, 3.63) is 57.4 Å². The molecule has 2 bridgehead atoms. The number of aryl methyl sites for hydroxylation is 2. The number of allylic oxidation sites excluding steroid dienone is 2. The monoisotopic (exact) mass is 351 g/mol. The molecule has 1 aromatic carbocycles. The normalized spacial score (nSPS) is 25.1. The third kappa shape index (κ3) is 2.82. The molecule has 2 aromatic rings. The highest BCUT2D eigenvalue weighted by Gasteiger charge is 2.50. The van der Waals surface area contributed by atoms with Crippen LogP contribution in [-0.4, -0.2) is 10.9 Å². The molecule has 0 spiro atoms. The van der Waals surface area contributed by atoms with Crippen LogP contribution in [0.4, 0.5) is 5.69 Å². The van der Waals surface area contributed by atoms with Gasteiger partial charge in [0, 0.05) is 5.38 Å². The molecular weight excluding hydrogens is 326 g/mol. The Hall–Kier alpha value is -1.94. The van der Waals surface area contributed by atoms with Gasteiger partial charge in [-0.15, -0.1) is 11.3 Å². The number of fused-ring (bicyclic) bond motifs is 1. The Morgan fingerprint density at radius 2 is 2.04 bits per heavy atom. The number of nitrogens with zero attached hydrogens (tertiary/aromatic N) is 3. The molecule has 5 rings (SSSR count). The summed E-state index contributed by atoms with van der Waals surface area (Å²) >= 11 is 1.64. The number of hydrogen-bond acceptors (Lipinski definition) is 3. The predicted molar refractivity (Wildman–Crippen MR) is 105 cm³/mol. The zero-order chi connectivity index (χ0) is 17.6. The molecule has 4 heteroatoms. The summed E-state index contributed by atoms with van der Waals surface area (Å²) in [5.74, 6) is 1.52. The average Bonchev–Trinajstić information content (AvgIpc) is 2.95. The van der Waals surface area contributed by atoms with Gasteiger partial charge in [0.05, 0.1) is 17.6 Å². The topological polar surface area (TPSA) is 29.6 Å². The van der Waals surface area contributed by atoms with Gasteiger partial charge in [-0.2, -0.15) is 5.10 Å². The molecule has 25 heavy (non-hydrogen) atoms. The lowest BCUT2D eigenvalue weighted by Crippen LogP contribution is -2.48. The van der Waals surface area contributed by atoms with E-state index in [1.165, 1.54) is 24.0 Å². The van der Waals surface area contributed by atoms with Gasteiger partial charge < -0.3 is 0 Å². The molecule has 1 aromatic heterocycles. The van der Waals surface area contributed by atoms with Crippen LogP contribution in [0, 0.1) is 31.1 Å². The van der Waals surface area contributed by atoms with Gasteiger partial charge in [-0.3, -0.25) is 0 Å². The fourth-order valence-electron chi connectivity index (χ4n) is 4.06. The van der Waals surface area contributed by atoms with Crippen LogP contribution in [0.1, 0.15) is 37.9 Å². The van der Waals surface area contributed by atoms with Crippen molar-refractivity contribution in [1.29, 1.82) is 0 Å². The van der Waals surface area contributed by atoms with E-state index >= 15 is 0 Å². The van der Waals surface area contributed by atoms with Gasteiger partial charge >= 0.3 is 0 Å². The Morgan fingerprint density at radius 3 is 2.76 bits per heavy atom. The van der Waals surface area contributed by atoms with Gasteiger partial charge in [-0.05, 0) is 61.1 Å². The van der Waals surface area contributed by atoms with Crippen molar-refractivity contribution in [2.24, 2.45) is 27.3 Å². The second kappa shape index (κ2) is 6.10. The second-order valence-electron chi connectivity index (χ2n) is 7.86. The van der Waals surface area contributed by atoms with Crippen molar-refractivity contribution in [2.75, 3.05) is 0 Å². The lowest BCUT2D eigenvalue weighted by atomic mass is 9.49. The van der Waals surface area contributed by atoms with Crippen molar-refractivity contribution in [3.8, 4) is 0 Å². The summed E-state index contributed by atoms with van der Waals surface area (Å²) in [4.78, 5) is 5.75. The van der Waals surface area contributed by atoms with E-state index in [4.69, 9.17) is 10.1 Å². The van der Waals surface area contributed by atoms with Gasteiger partial charge in [-0.1, -0.05) is 38.1 Å². The molecule has 0 aliphatic heterocycles. The summed E-state index contributed by atoms with van der Waals surface area (Å²) < 4.78 is 1.97. The fraction of sp³-hybridized carbons (Fsp3) is 0.429. The number of para-hydroxylation sites is 1. The first kappa shape index (κ1) is 16.5. The van der Waals surface area contributed by atoms with Crippen LogP contribution in [0.2, 0.25) is 0 Å². The summed E-state index contributed by atoms with van der Waals surface area (Å²) in [6, 6.07) is 8.22. The molecule has 1 fully saturated rings. The van der Waals surface area contributed by atoms with Crippen LogP contribution >= 0.6 is 11.3 Å². The molecule has 0 radical (unpaired) electrons. The SMILES string of the molecule is Cc1ccccc1N=c1scc(C)n1N=CC1=CCC2CC1C2(C)C. The van der Waals surface area contributed by atoms with Crippen LogP contribution in [0.15, 0.2) is 51.4 Å². The van der Waals surface area contributed by atoms with Gasteiger partial charge in [0.1, 0.15) is 0 Å². The maximum atomic E-state index is 4.83. The average molecular weight is 352 g/mol. The molecule has 130 valence electrons. The zero-order valence-corrected chi connectivity index (χ0v) is 16.2. The highest BCUT2D eigenvalue weighted by atomic mass is 32.1. The van der Waals surface area contributed by atoms with Crippen molar-refractivity contribution in [2.45, 2.75) is 40.5 Å². The van der Waals surface area contributed by atoms with Crippen LogP contribution in [0.3, 0.4) is 0 Å². The summed E-state index contributed by atoms with van der Waals surface area (Å²) in [6.07, 6.45) is 6.96. The van der Waals surface area contributed by atoms with Crippen LogP contribution in [0.25, 0.3) is 0 Å². The molecule has 2 unspecified atom stereocenters. The molecule has 0 saturated heterocycles. The molecule has 0 amide bonds. The minimum absolute atomic E-state index is 0.429. The third-order valence-corrected chi connectivity index (χ3v) is 6.95. The van der Waals surface area contributed by atoms with Crippen LogP contribution < -0.4 is 4.80 Å². The third-order valence-electron chi connectivity index (χ3n) is 6.01. The number of aromatic nitrogens is 1. The lowest BCUT2D eigenvalue weighted by Gasteiger charge is -2.55. The smallest absolute Gasteiger partial charge is 0.211 e. The van der Waals surface area contributed by atoms with E-state index < -0.39 is 0 Å². The fourth-order valence-corrected chi connectivity index (χ4v) is 4.88. The molecule has 1 saturated carbocycles. The number of hydrogen-bond donors (Lipinski definition) is 0. The minimum atomic E-state index is 0.429. The minimum Gasteiger partial charge on any atom is -0.219 e. The van der Waals surface area contributed by atoms with E-state index in [2.05, 4.69) is 57.5 Å². The summed E-state index contributed by atoms with van der Waals surface area (Å²) in [6.45, 7) is 8.97. The Bertz CT molecular complexity index is 927. The Labute approximate surface area is 153 Å². The van der Waals surface area contributed by atoms with Gasteiger partial charge in [0.15, 0.2) is 0 Å². The van der Waals surface area contributed by atoms with Crippen molar-refractivity contribution >= 4 is 23.2 Å². The molecular formula is C21H25N3S. The van der Waals surface area contributed by atoms with Crippen molar-refractivity contribution < 1.29 is 0 Å². The maximum absolute atomic E-state index is 4.83. The summed E-state index contributed by atoms with van der Waals surface area (Å²) in [7, 11) is 0. The van der Waals surface area contributed by atoms with Crippen LogP contribution in [0.5, 0.6) is 0 Å². The Balaban J connectivity index is 1.67. The largest absolute Gasteiger partial charge is 0.219 e. The molecule has 0 N–H and O–H groups in total. The van der Waals surface area contributed by atoms with E-state index in [0.717, 1.165) is 22.1 Å². The van der Waals surface area contributed by atoms with Gasteiger partial charge in [-0.25, -0.2) is 9.67 Å². The van der Waals surface area contributed by atoms with Gasteiger partial charge in [0.2, 0.25) is 4.80 Å². The molecule has 3 aliphatic rings. The van der Waals surface area contributed by atoms with Gasteiger partial charge in [0.25, 0.3) is 0 Å². The van der Waals surface area contributed by atoms with Crippen molar-refractivity contribution in [1.82, 2.24) is 4.68 Å². The Kier molecular flexibility index (Phi) is 4.03. The molecule has 2 atom stereocenters. The maximum Gasteiger partial charge on any atom is 0.211 e. The van der Waals surface area contributed by atoms with E-state index in [1.807, 2.05) is 16.8 Å². The second-order valence-corrected chi connectivity index (χ2v) is 8.70. The highest BCUT2D eigenvalue weighted by molar-refractivity contribution is 7.07. The quantitative estimate of drug-likeness (QED) is 0.678. The first-order valence-corrected chi connectivity index (χ1v) is 9.86. The molecule has 3 aliphatic carbocycles. The van der Waals surface area contributed by atoms with E-state index in [9.17, 15) is 0 Å². The number of thiazole rings is 1. The first-order valence-electron chi connectivity index (χ1n) is 8.98. The van der Waals surface area contributed by atoms with E-state index in [-0.39, 0.29) is 0 Å². The lowest BCUT2D eigenvalue weighted by molar-refractivity contribution is -0.00127. The molecule has 3 nitrogen and oxygen atoms in total. The van der Waals surface area contributed by atoms with Crippen LogP contribution in [-0.2, 0) is 0 Å². The van der Waals surface area contributed by atoms with E-state index in [0.29, 0.717) is 11.3 Å². The number of rotatable bonds is 3. The van der Waals surface area contributed by atoms with Crippen molar-refractivity contribution in [3.63, 3.8) is 0 Å². The zero-order valence-electron chi connectivity index (χ0n) is 15.4. The Morgan fingerprint density at radius 1 is 1.24 bits per heavy atom. The predicted octanol–water partition coefficient (Wildman–Crippen LogP) is 5.23. The standard InChI is InChI=1S/C21H25N3S/c1-14-7-5-6-8-19(14)23-20-24(15(2)13-25-20)22-12-16-9-10-17-11-18(16)21(17,3)4/h5-9,12-13,17-18H,10-11H2,1-4H3.